The first kappa shape index (κ1) is 17.0. The Morgan fingerprint density at radius 2 is 1.80 bits per heavy atom. The van der Waals surface area contributed by atoms with Crippen molar-refractivity contribution in [3.05, 3.63) is 30.3 Å². The smallest absolute Gasteiger partial charge is 0.0366 e. The molecule has 1 aromatic carbocycles. The minimum atomic E-state index is 0.344. The summed E-state index contributed by atoms with van der Waals surface area (Å²) in [6, 6.07) is 10.7. The van der Waals surface area contributed by atoms with Crippen LogP contribution in [0.25, 0.3) is 0 Å². The number of hydrogen-bond acceptors (Lipinski definition) is 2. The molecule has 114 valence electrons. The van der Waals surface area contributed by atoms with Crippen molar-refractivity contribution in [3.8, 4) is 0 Å². The van der Waals surface area contributed by atoms with Gasteiger partial charge in [-0.15, -0.1) is 0 Å². The molecule has 0 aromatic heterocycles. The van der Waals surface area contributed by atoms with Gasteiger partial charge in [0.25, 0.3) is 0 Å². The highest BCUT2D eigenvalue weighted by molar-refractivity contribution is 5.45. The van der Waals surface area contributed by atoms with Crippen LogP contribution in [-0.2, 0) is 0 Å². The Kier molecular flexibility index (Phi) is 7.08. The fourth-order valence-corrected chi connectivity index (χ4v) is 2.71. The Morgan fingerprint density at radius 3 is 2.30 bits per heavy atom. The van der Waals surface area contributed by atoms with Crippen molar-refractivity contribution in [1.29, 1.82) is 0 Å². The van der Waals surface area contributed by atoms with Crippen LogP contribution >= 0.6 is 0 Å². The second-order valence-electron chi connectivity index (χ2n) is 7.00. The van der Waals surface area contributed by atoms with Gasteiger partial charge in [-0.05, 0) is 42.9 Å². The number of benzene rings is 1. The van der Waals surface area contributed by atoms with Crippen LogP contribution < -0.4 is 10.6 Å². The van der Waals surface area contributed by atoms with Crippen molar-refractivity contribution in [1.82, 2.24) is 0 Å². The van der Waals surface area contributed by atoms with Gasteiger partial charge in [0, 0.05) is 18.8 Å². The molecule has 0 radical (unpaired) electrons. The normalized spacial score (nSPS) is 13.2. The van der Waals surface area contributed by atoms with E-state index in [4.69, 9.17) is 5.73 Å². The zero-order valence-electron chi connectivity index (χ0n) is 13.7. The topological polar surface area (TPSA) is 29.3 Å². The van der Waals surface area contributed by atoms with E-state index in [1.807, 2.05) is 0 Å². The van der Waals surface area contributed by atoms with Gasteiger partial charge < -0.3 is 10.6 Å². The highest BCUT2D eigenvalue weighted by Crippen LogP contribution is 2.26. The average molecular weight is 276 g/mol. The van der Waals surface area contributed by atoms with E-state index < -0.39 is 0 Å². The molecule has 0 spiro atoms. The van der Waals surface area contributed by atoms with E-state index >= 15 is 0 Å². The number of hydrogen-bond donors (Lipinski definition) is 1. The first-order valence-electron chi connectivity index (χ1n) is 7.96. The van der Waals surface area contributed by atoms with Crippen molar-refractivity contribution < 1.29 is 0 Å². The molecule has 1 rings (SSSR count). The predicted molar refractivity (Wildman–Crippen MR) is 90.2 cm³/mol. The van der Waals surface area contributed by atoms with Crippen molar-refractivity contribution >= 4 is 5.69 Å². The van der Waals surface area contributed by atoms with E-state index in [-0.39, 0.29) is 0 Å². The van der Waals surface area contributed by atoms with Gasteiger partial charge in [0.1, 0.15) is 0 Å². The van der Waals surface area contributed by atoms with Gasteiger partial charge in [0.05, 0.1) is 0 Å². The zero-order valence-corrected chi connectivity index (χ0v) is 13.7. The molecule has 2 heteroatoms. The molecular formula is C18H32N2. The molecule has 1 atom stereocenters. The van der Waals surface area contributed by atoms with E-state index in [0.717, 1.165) is 19.6 Å². The first-order valence-corrected chi connectivity index (χ1v) is 7.96. The molecule has 0 aliphatic carbocycles. The number of unbranched alkanes of at least 4 members (excludes halogenated alkanes) is 1. The van der Waals surface area contributed by atoms with E-state index in [1.165, 1.54) is 24.9 Å². The Hall–Kier alpha value is -1.02. The number of anilines is 1. The van der Waals surface area contributed by atoms with Crippen LogP contribution in [0.15, 0.2) is 30.3 Å². The van der Waals surface area contributed by atoms with E-state index in [2.05, 4.69) is 62.9 Å². The lowest BCUT2D eigenvalue weighted by atomic mass is 9.84. The zero-order chi connectivity index (χ0) is 15.0. The van der Waals surface area contributed by atoms with Gasteiger partial charge in [0.2, 0.25) is 0 Å². The lowest BCUT2D eigenvalue weighted by Crippen LogP contribution is -2.35. The summed E-state index contributed by atoms with van der Waals surface area (Å²) < 4.78 is 0. The van der Waals surface area contributed by atoms with E-state index in [1.54, 1.807) is 0 Å². The molecule has 0 bridgehead atoms. The molecule has 1 aromatic rings. The standard InChI is InChI=1S/C18H32N2/c1-5-6-12-20(17-10-8-7-9-11-17)15-16(14-19)13-18(2,3)4/h7-11,16H,5-6,12-15,19H2,1-4H3. The fourth-order valence-electron chi connectivity index (χ4n) is 2.71. The van der Waals surface area contributed by atoms with E-state index in [0.29, 0.717) is 11.3 Å². The largest absolute Gasteiger partial charge is 0.371 e. The molecule has 0 heterocycles. The third kappa shape index (κ3) is 6.42. The third-order valence-corrected chi connectivity index (χ3v) is 3.62. The molecule has 2 N–H and O–H groups in total. The first-order chi connectivity index (χ1) is 9.46. The maximum absolute atomic E-state index is 6.01. The van der Waals surface area contributed by atoms with Crippen LogP contribution in [0.1, 0.15) is 47.0 Å². The molecule has 0 saturated carbocycles. The van der Waals surface area contributed by atoms with Crippen LogP contribution in [0, 0.1) is 11.3 Å². The molecular weight excluding hydrogens is 244 g/mol. The summed E-state index contributed by atoms with van der Waals surface area (Å²) in [4.78, 5) is 2.51. The summed E-state index contributed by atoms with van der Waals surface area (Å²) >= 11 is 0. The predicted octanol–water partition coefficient (Wildman–Crippen LogP) is 4.30. The summed E-state index contributed by atoms with van der Waals surface area (Å²) in [7, 11) is 0. The summed E-state index contributed by atoms with van der Waals surface area (Å²) in [5, 5.41) is 0. The summed E-state index contributed by atoms with van der Waals surface area (Å²) in [6.07, 6.45) is 3.65. The van der Waals surface area contributed by atoms with Gasteiger partial charge >= 0.3 is 0 Å². The maximum Gasteiger partial charge on any atom is 0.0366 e. The minimum Gasteiger partial charge on any atom is -0.371 e. The van der Waals surface area contributed by atoms with Crippen molar-refractivity contribution in [2.24, 2.45) is 17.1 Å². The average Bonchev–Trinajstić information content (AvgIpc) is 2.41. The third-order valence-electron chi connectivity index (χ3n) is 3.62. The number of para-hydroxylation sites is 1. The van der Waals surface area contributed by atoms with Crippen molar-refractivity contribution in [2.75, 3.05) is 24.5 Å². The van der Waals surface area contributed by atoms with Gasteiger partial charge in [-0.25, -0.2) is 0 Å². The Balaban J connectivity index is 2.73. The quantitative estimate of drug-likeness (QED) is 0.767. The highest BCUT2D eigenvalue weighted by atomic mass is 15.1. The molecule has 0 fully saturated rings. The van der Waals surface area contributed by atoms with Crippen LogP contribution in [0.4, 0.5) is 5.69 Å². The summed E-state index contributed by atoms with van der Waals surface area (Å²) in [5.41, 5.74) is 7.68. The molecule has 1 unspecified atom stereocenters. The Morgan fingerprint density at radius 1 is 1.15 bits per heavy atom. The second kappa shape index (κ2) is 8.31. The molecule has 0 saturated heterocycles. The van der Waals surface area contributed by atoms with Crippen LogP contribution in [0.5, 0.6) is 0 Å². The van der Waals surface area contributed by atoms with Gasteiger partial charge in [0.15, 0.2) is 0 Å². The lowest BCUT2D eigenvalue weighted by Gasteiger charge is -2.32. The Bertz CT molecular complexity index is 353. The second-order valence-corrected chi connectivity index (χ2v) is 7.00. The lowest BCUT2D eigenvalue weighted by molar-refractivity contribution is 0.298. The van der Waals surface area contributed by atoms with Crippen LogP contribution in [0.3, 0.4) is 0 Å². The number of nitrogens with two attached hydrogens (primary N) is 1. The van der Waals surface area contributed by atoms with Crippen molar-refractivity contribution in [3.63, 3.8) is 0 Å². The highest BCUT2D eigenvalue weighted by Gasteiger charge is 2.20. The van der Waals surface area contributed by atoms with E-state index in [9.17, 15) is 0 Å². The van der Waals surface area contributed by atoms with Gasteiger partial charge in [-0.3, -0.25) is 0 Å². The van der Waals surface area contributed by atoms with Gasteiger partial charge in [-0.1, -0.05) is 52.3 Å². The molecule has 0 aliphatic heterocycles. The number of nitrogens with zero attached hydrogens (tertiary/aromatic N) is 1. The minimum absolute atomic E-state index is 0.344. The van der Waals surface area contributed by atoms with Gasteiger partial charge in [-0.2, -0.15) is 0 Å². The SMILES string of the molecule is CCCCN(CC(CN)CC(C)(C)C)c1ccccc1. The maximum atomic E-state index is 6.01. The van der Waals surface area contributed by atoms with Crippen LogP contribution in [0.2, 0.25) is 0 Å². The molecule has 0 aliphatic rings. The fraction of sp³-hybridized carbons (Fsp3) is 0.667. The van der Waals surface area contributed by atoms with Crippen molar-refractivity contribution in [2.45, 2.75) is 47.0 Å². The Labute approximate surface area is 125 Å². The number of rotatable bonds is 8. The molecule has 2 nitrogen and oxygen atoms in total. The summed E-state index contributed by atoms with van der Waals surface area (Å²) in [6.45, 7) is 12.1. The monoisotopic (exact) mass is 276 g/mol. The molecule has 20 heavy (non-hydrogen) atoms. The molecule has 0 amide bonds. The summed E-state index contributed by atoms with van der Waals surface area (Å²) in [5.74, 6) is 0.562. The van der Waals surface area contributed by atoms with Crippen LogP contribution in [-0.4, -0.2) is 19.6 Å².